The van der Waals surface area contributed by atoms with Gasteiger partial charge in [-0.15, -0.1) is 10.2 Å². The molecule has 2 aromatic rings. The zero-order valence-electron chi connectivity index (χ0n) is 9.19. The lowest BCUT2D eigenvalue weighted by molar-refractivity contribution is 0.102. The highest BCUT2D eigenvalue weighted by atomic mass is 35.5. The Labute approximate surface area is 117 Å². The third-order valence-electron chi connectivity index (χ3n) is 2.17. The van der Waals surface area contributed by atoms with Crippen LogP contribution in [0.4, 0.5) is 10.1 Å². The maximum Gasteiger partial charge on any atom is 0.258 e. The molecule has 0 saturated heterocycles. The molecule has 0 aliphatic rings. The van der Waals surface area contributed by atoms with Crippen LogP contribution in [0.1, 0.15) is 10.4 Å². The first-order valence-corrected chi connectivity index (χ1v) is 5.71. The summed E-state index contributed by atoms with van der Waals surface area (Å²) >= 11 is 11.3. The van der Waals surface area contributed by atoms with Crippen LogP contribution < -0.4 is 5.32 Å². The summed E-state index contributed by atoms with van der Waals surface area (Å²) in [5.41, 5.74) is 0.166. The summed E-state index contributed by atoms with van der Waals surface area (Å²) in [6.07, 6.45) is 0. The molecule has 0 bridgehead atoms. The van der Waals surface area contributed by atoms with Gasteiger partial charge in [-0.2, -0.15) is 0 Å². The lowest BCUT2D eigenvalue weighted by atomic mass is 10.2. The van der Waals surface area contributed by atoms with Crippen LogP contribution in [0.2, 0.25) is 10.3 Å². The van der Waals surface area contributed by atoms with E-state index >= 15 is 0 Å². The molecule has 2 N–H and O–H groups in total. The maximum absolute atomic E-state index is 13.1. The predicted octanol–water partition coefficient (Wildman–Crippen LogP) is 2.88. The van der Waals surface area contributed by atoms with Crippen molar-refractivity contribution in [3.63, 3.8) is 0 Å². The number of carbonyl (C=O) groups is 1. The van der Waals surface area contributed by atoms with Crippen LogP contribution in [0.25, 0.3) is 0 Å². The topological polar surface area (TPSA) is 75.1 Å². The molecule has 0 atom stereocenters. The maximum atomic E-state index is 13.1. The van der Waals surface area contributed by atoms with E-state index in [9.17, 15) is 9.18 Å². The number of nitrogens with zero attached hydrogens (tertiary/aromatic N) is 2. The van der Waals surface area contributed by atoms with E-state index in [1.807, 2.05) is 0 Å². The molecule has 0 unspecified atom stereocenters. The summed E-state index contributed by atoms with van der Waals surface area (Å²) in [4.78, 5) is 11.9. The SMILES string of the molecule is O=C(Nc1ccc(O)c(F)c1)c1cc(Cl)nnc1Cl. The van der Waals surface area contributed by atoms with Crippen molar-refractivity contribution >= 4 is 34.8 Å². The van der Waals surface area contributed by atoms with E-state index in [0.29, 0.717) is 0 Å². The molecule has 0 aliphatic heterocycles. The molecule has 98 valence electrons. The van der Waals surface area contributed by atoms with E-state index < -0.39 is 17.5 Å². The van der Waals surface area contributed by atoms with Gasteiger partial charge >= 0.3 is 0 Å². The van der Waals surface area contributed by atoms with Crippen molar-refractivity contribution in [3.05, 3.63) is 46.0 Å². The number of aromatic nitrogens is 2. The van der Waals surface area contributed by atoms with Gasteiger partial charge in [-0.25, -0.2) is 4.39 Å². The summed E-state index contributed by atoms with van der Waals surface area (Å²) in [5.74, 6) is -1.98. The van der Waals surface area contributed by atoms with Gasteiger partial charge in [0.1, 0.15) is 0 Å². The fourth-order valence-electron chi connectivity index (χ4n) is 1.30. The summed E-state index contributed by atoms with van der Waals surface area (Å²) < 4.78 is 13.1. The molecule has 0 aliphatic carbocycles. The van der Waals surface area contributed by atoms with E-state index in [4.69, 9.17) is 28.3 Å². The van der Waals surface area contributed by atoms with Gasteiger partial charge in [-0.3, -0.25) is 4.79 Å². The Morgan fingerprint density at radius 1 is 1.26 bits per heavy atom. The molecule has 0 radical (unpaired) electrons. The van der Waals surface area contributed by atoms with Crippen LogP contribution in [-0.4, -0.2) is 21.2 Å². The molecule has 5 nitrogen and oxygen atoms in total. The van der Waals surface area contributed by atoms with Gasteiger partial charge < -0.3 is 10.4 Å². The van der Waals surface area contributed by atoms with Gasteiger partial charge in [0, 0.05) is 11.8 Å². The van der Waals surface area contributed by atoms with Gasteiger partial charge in [0.05, 0.1) is 5.56 Å². The van der Waals surface area contributed by atoms with E-state index in [1.165, 1.54) is 12.1 Å². The van der Waals surface area contributed by atoms with Gasteiger partial charge in [0.15, 0.2) is 21.9 Å². The molecule has 1 amide bonds. The molecule has 2 rings (SSSR count). The third kappa shape index (κ3) is 3.10. The predicted molar refractivity (Wildman–Crippen MR) is 68.1 cm³/mol. The number of anilines is 1. The first-order valence-electron chi connectivity index (χ1n) is 4.96. The minimum Gasteiger partial charge on any atom is -0.505 e. The monoisotopic (exact) mass is 301 g/mol. The van der Waals surface area contributed by atoms with Crippen molar-refractivity contribution in [3.8, 4) is 5.75 Å². The molecule has 1 aromatic carbocycles. The molecule has 1 heterocycles. The molecule has 8 heteroatoms. The Hall–Kier alpha value is -1.92. The smallest absolute Gasteiger partial charge is 0.258 e. The molecule has 19 heavy (non-hydrogen) atoms. The number of amides is 1. The van der Waals surface area contributed by atoms with E-state index in [2.05, 4.69) is 15.5 Å². The average Bonchev–Trinajstić information content (AvgIpc) is 2.36. The minimum absolute atomic E-state index is 0.00596. The fraction of sp³-hybridized carbons (Fsp3) is 0. The number of phenols is 1. The fourth-order valence-corrected chi connectivity index (χ4v) is 1.62. The van der Waals surface area contributed by atoms with E-state index in [-0.39, 0.29) is 21.6 Å². The van der Waals surface area contributed by atoms with Crippen molar-refractivity contribution in [1.82, 2.24) is 10.2 Å². The summed E-state index contributed by atoms with van der Waals surface area (Å²) in [6, 6.07) is 4.66. The van der Waals surface area contributed by atoms with Crippen LogP contribution in [0.5, 0.6) is 5.75 Å². The van der Waals surface area contributed by atoms with E-state index in [0.717, 1.165) is 12.1 Å². The normalized spacial score (nSPS) is 10.3. The van der Waals surface area contributed by atoms with Crippen LogP contribution in [0.15, 0.2) is 24.3 Å². The highest BCUT2D eigenvalue weighted by Crippen LogP contribution is 2.21. The van der Waals surface area contributed by atoms with Crippen molar-refractivity contribution in [2.45, 2.75) is 0 Å². The average molecular weight is 302 g/mol. The molecule has 0 saturated carbocycles. The highest BCUT2D eigenvalue weighted by Gasteiger charge is 2.14. The largest absolute Gasteiger partial charge is 0.505 e. The quantitative estimate of drug-likeness (QED) is 0.836. The molecule has 1 aromatic heterocycles. The number of aromatic hydroxyl groups is 1. The standard InChI is InChI=1S/C11H6Cl2FN3O2/c12-9-4-6(10(13)17-16-9)11(19)15-5-1-2-8(18)7(14)3-5/h1-4,18H,(H,15,19). The van der Waals surface area contributed by atoms with Gasteiger partial charge in [-0.1, -0.05) is 23.2 Å². The third-order valence-corrected chi connectivity index (χ3v) is 2.63. The van der Waals surface area contributed by atoms with Crippen LogP contribution in [0, 0.1) is 5.82 Å². The Kier molecular flexibility index (Phi) is 3.82. The van der Waals surface area contributed by atoms with Gasteiger partial charge in [0.2, 0.25) is 0 Å². The van der Waals surface area contributed by atoms with Crippen LogP contribution in [0.3, 0.4) is 0 Å². The Morgan fingerprint density at radius 3 is 2.68 bits per heavy atom. The molecular formula is C11H6Cl2FN3O2. The van der Waals surface area contributed by atoms with Crippen LogP contribution >= 0.6 is 23.2 Å². The second kappa shape index (κ2) is 5.38. The summed E-state index contributed by atoms with van der Waals surface area (Å²) in [6.45, 7) is 0. The first-order chi connectivity index (χ1) is 8.97. The van der Waals surface area contributed by atoms with Crippen molar-refractivity contribution in [1.29, 1.82) is 0 Å². The van der Waals surface area contributed by atoms with Gasteiger partial charge in [-0.05, 0) is 18.2 Å². The Bertz CT molecular complexity index is 652. The van der Waals surface area contributed by atoms with Crippen LogP contribution in [-0.2, 0) is 0 Å². The number of phenolic OH excluding ortho intramolecular Hbond substituents is 1. The lowest BCUT2D eigenvalue weighted by Crippen LogP contribution is -2.13. The number of nitrogens with one attached hydrogen (secondary N) is 1. The number of halogens is 3. The number of hydrogen-bond donors (Lipinski definition) is 2. The van der Waals surface area contributed by atoms with Crippen molar-refractivity contribution < 1.29 is 14.3 Å². The second-order valence-electron chi connectivity index (χ2n) is 3.49. The number of rotatable bonds is 2. The number of carbonyl (C=O) groups excluding carboxylic acids is 1. The summed E-state index contributed by atoms with van der Waals surface area (Å²) in [5, 5.41) is 18.3. The first kappa shape index (κ1) is 13.5. The Morgan fingerprint density at radius 2 is 2.00 bits per heavy atom. The second-order valence-corrected chi connectivity index (χ2v) is 4.24. The molecule has 0 spiro atoms. The molecular weight excluding hydrogens is 296 g/mol. The van der Waals surface area contributed by atoms with Crippen molar-refractivity contribution in [2.24, 2.45) is 0 Å². The number of hydrogen-bond acceptors (Lipinski definition) is 4. The van der Waals surface area contributed by atoms with Crippen molar-refractivity contribution in [2.75, 3.05) is 5.32 Å². The van der Waals surface area contributed by atoms with E-state index in [1.54, 1.807) is 0 Å². The van der Waals surface area contributed by atoms with Gasteiger partial charge in [0.25, 0.3) is 5.91 Å². The zero-order chi connectivity index (χ0) is 14.0. The minimum atomic E-state index is -0.852. The lowest BCUT2D eigenvalue weighted by Gasteiger charge is -2.06. The zero-order valence-corrected chi connectivity index (χ0v) is 10.7. The summed E-state index contributed by atoms with van der Waals surface area (Å²) in [7, 11) is 0. The molecule has 0 fully saturated rings. The Balaban J connectivity index is 2.25. The number of benzene rings is 1. The highest BCUT2D eigenvalue weighted by molar-refractivity contribution is 6.34.